The van der Waals surface area contributed by atoms with Crippen molar-refractivity contribution in [1.29, 1.82) is 0 Å². The number of hydrogen-bond donors (Lipinski definition) is 0. The number of esters is 1. The van der Waals surface area contributed by atoms with Gasteiger partial charge < -0.3 is 24.7 Å². The first-order valence-corrected chi connectivity index (χ1v) is 14.5. The van der Waals surface area contributed by atoms with Crippen molar-refractivity contribution in [3.8, 4) is 0 Å². The fourth-order valence-corrected chi connectivity index (χ4v) is 6.54. The van der Waals surface area contributed by atoms with Gasteiger partial charge in [0.25, 0.3) is 0 Å². The number of rotatable bonds is 6. The van der Waals surface area contributed by atoms with Crippen LogP contribution in [0.3, 0.4) is 0 Å². The molecule has 1 aromatic rings. The second-order valence-corrected chi connectivity index (χ2v) is 11.3. The summed E-state index contributed by atoms with van der Waals surface area (Å²) < 4.78 is 5.09. The van der Waals surface area contributed by atoms with Crippen LogP contribution in [-0.4, -0.2) is 59.2 Å². The minimum absolute atomic E-state index is 0. The van der Waals surface area contributed by atoms with E-state index in [0.29, 0.717) is 50.1 Å². The van der Waals surface area contributed by atoms with Crippen molar-refractivity contribution in [1.82, 2.24) is 4.98 Å². The molecule has 0 N–H and O–H groups in total. The Morgan fingerprint density at radius 1 is 1.02 bits per heavy atom. The van der Waals surface area contributed by atoms with Crippen LogP contribution < -0.4 is 25.9 Å². The maximum atomic E-state index is 13.9. The van der Waals surface area contributed by atoms with Crippen LogP contribution in [0.1, 0.15) is 51.7 Å². The molecule has 1 aliphatic carbocycles. The predicted molar refractivity (Wildman–Crippen MR) is 170 cm³/mol. The Bertz CT molecular complexity index is 2040. The number of nitrogens with zero attached hydrogens (tertiary/aromatic N) is 4. The molecule has 8 bridgehead atoms. The van der Waals surface area contributed by atoms with E-state index in [4.69, 9.17) is 24.7 Å². The van der Waals surface area contributed by atoms with Crippen molar-refractivity contribution >= 4 is 63.8 Å². The second-order valence-electron chi connectivity index (χ2n) is 11.3. The summed E-state index contributed by atoms with van der Waals surface area (Å²) in [6.07, 6.45) is 8.02. The van der Waals surface area contributed by atoms with Gasteiger partial charge in [0.2, 0.25) is 0 Å². The van der Waals surface area contributed by atoms with Gasteiger partial charge in [-0.3, -0.25) is 4.79 Å². The Kier molecular flexibility index (Phi) is 8.50. The molecule has 0 aromatic carbocycles. The molecule has 5 aliphatic rings. The molecule has 0 saturated carbocycles. The van der Waals surface area contributed by atoms with Gasteiger partial charge in [-0.05, 0) is 92.5 Å². The van der Waals surface area contributed by atoms with E-state index in [0.717, 1.165) is 51.4 Å². The van der Waals surface area contributed by atoms with E-state index < -0.39 is 23.6 Å². The number of carbonyl (C=O) groups is 2. The van der Waals surface area contributed by atoms with Crippen LogP contribution in [0.4, 0.5) is 0 Å². The van der Waals surface area contributed by atoms with Gasteiger partial charge >= 0.3 is 29.0 Å². The molecular weight excluding hydrogens is 581 g/mol. The molecule has 0 fully saturated rings. The topological polar surface area (TPSA) is 141 Å². The van der Waals surface area contributed by atoms with Gasteiger partial charge in [-0.2, -0.15) is 0 Å². The van der Waals surface area contributed by atoms with Crippen LogP contribution >= 0.6 is 0 Å². The van der Waals surface area contributed by atoms with E-state index in [9.17, 15) is 19.8 Å². The number of carboxylic acid groups (broad SMARTS) is 1. The van der Waals surface area contributed by atoms with Crippen LogP contribution in [0.5, 0.6) is 0 Å². The molecule has 0 radical (unpaired) electrons. The van der Waals surface area contributed by atoms with Crippen molar-refractivity contribution in [3.63, 3.8) is 0 Å². The van der Waals surface area contributed by atoms with Crippen molar-refractivity contribution < 1.29 is 24.5 Å². The minimum atomic E-state index is -1.28. The molecule has 0 amide bonds. The zero-order valence-corrected chi connectivity index (χ0v) is 27.7. The van der Waals surface area contributed by atoms with E-state index in [1.54, 1.807) is 6.08 Å². The summed E-state index contributed by atoms with van der Waals surface area (Å²) in [5.41, 5.74) is 10.3. The number of methoxy groups -OCH3 is 1. The summed E-state index contributed by atoms with van der Waals surface area (Å²) >= 11 is 0. The molecule has 45 heavy (non-hydrogen) atoms. The standard InChI is InChI=1S/C35H34N4O5.Mg/c1-8-19-15(3)22-12-24-17(5)21(10-11-28(40)41)32(38-24)30-31(35(43)44-7)34(42)29-18(6)25(39-33(29)30)14-27-20(9-2)16(4)23(37-27)13-26(19)36-22;/h8,12-14,31H,1,9-11H2,2-7H3,(H3,36,37,38,39,40,41,42);/q;+2/p-3/t31-;/m1./s1. The first kappa shape index (κ1) is 32.1. The zero-order chi connectivity index (χ0) is 31.6. The molecule has 0 saturated heterocycles. The maximum Gasteiger partial charge on any atom is 2.00 e. The van der Waals surface area contributed by atoms with Crippen LogP contribution in [0.25, 0.3) is 11.6 Å². The first-order valence-electron chi connectivity index (χ1n) is 14.5. The van der Waals surface area contributed by atoms with Gasteiger partial charge in [0.05, 0.1) is 47.3 Å². The largest absolute Gasteiger partial charge is 2.00 e. The van der Waals surface area contributed by atoms with Crippen molar-refractivity contribution in [2.75, 3.05) is 7.11 Å². The van der Waals surface area contributed by atoms with E-state index in [1.165, 1.54) is 7.11 Å². The normalized spacial score (nSPS) is 20.1. The van der Waals surface area contributed by atoms with Gasteiger partial charge in [0.15, 0.2) is 0 Å². The number of aromatic nitrogens is 1. The SMILES string of the molecule is C=CC1=C(C)C2=NC1=CC1=NC(=CC3=C(C)C4=C([O-])[C@H](C(=O)OC)C(=c5[n-]c(c(C)c5CCC(=O)[O-])=C2)C4=N3)C(CC)=C1C.[Mg+2]. The van der Waals surface area contributed by atoms with Gasteiger partial charge in [-0.15, -0.1) is 16.5 Å². The van der Waals surface area contributed by atoms with E-state index in [-0.39, 0.29) is 35.9 Å². The van der Waals surface area contributed by atoms with Crippen LogP contribution in [0.15, 0.2) is 96.1 Å². The molecule has 6 rings (SSSR count). The van der Waals surface area contributed by atoms with E-state index in [2.05, 4.69) is 13.5 Å². The number of aliphatic carboxylic acids is 1. The molecular formula is C35H31MgN4O5-. The third-order valence-corrected chi connectivity index (χ3v) is 8.98. The number of allylic oxidation sites excluding steroid dienone is 8. The maximum absolute atomic E-state index is 13.9. The number of carbonyl (C=O) groups excluding carboxylic acids is 2. The second kappa shape index (κ2) is 11.9. The molecule has 9 nitrogen and oxygen atoms in total. The van der Waals surface area contributed by atoms with Gasteiger partial charge in [-0.25, -0.2) is 15.0 Å². The molecule has 1 aromatic heterocycles. The molecule has 0 spiro atoms. The third kappa shape index (κ3) is 4.96. The number of aliphatic imine (C=N–C) groups is 3. The zero-order valence-electron chi connectivity index (χ0n) is 26.3. The third-order valence-electron chi connectivity index (χ3n) is 8.98. The van der Waals surface area contributed by atoms with Crippen molar-refractivity contribution in [2.45, 2.75) is 53.9 Å². The Morgan fingerprint density at radius 2 is 1.71 bits per heavy atom. The Morgan fingerprint density at radius 3 is 2.36 bits per heavy atom. The Labute approximate surface area is 277 Å². The molecule has 0 unspecified atom stereocenters. The quantitative estimate of drug-likeness (QED) is 0.350. The van der Waals surface area contributed by atoms with E-state index >= 15 is 0 Å². The van der Waals surface area contributed by atoms with E-state index in [1.807, 2.05) is 45.9 Å². The number of fused-ring (bicyclic) bond motifs is 5. The fourth-order valence-electron chi connectivity index (χ4n) is 6.54. The summed E-state index contributed by atoms with van der Waals surface area (Å²) in [4.78, 5) is 44.5. The summed E-state index contributed by atoms with van der Waals surface area (Å²) in [6.45, 7) is 13.7. The first-order chi connectivity index (χ1) is 21.0. The molecule has 4 aliphatic heterocycles. The molecule has 1 atom stereocenters. The number of carboxylic acids is 1. The van der Waals surface area contributed by atoms with Crippen LogP contribution in [0, 0.1) is 12.8 Å². The van der Waals surface area contributed by atoms with Crippen molar-refractivity contribution in [3.05, 3.63) is 103 Å². The predicted octanol–water partition coefficient (Wildman–Crippen LogP) is 1.25. The molecule has 5 heterocycles. The summed E-state index contributed by atoms with van der Waals surface area (Å²) in [6, 6.07) is 0. The summed E-state index contributed by atoms with van der Waals surface area (Å²) in [7, 11) is 1.23. The van der Waals surface area contributed by atoms with Crippen LogP contribution in [0.2, 0.25) is 0 Å². The smallest absolute Gasteiger partial charge is 0.874 e. The average molecular weight is 612 g/mol. The Hall–Kier alpha value is -4.28. The monoisotopic (exact) mass is 611 g/mol. The van der Waals surface area contributed by atoms with Crippen LogP contribution in [-0.2, 0) is 20.7 Å². The summed E-state index contributed by atoms with van der Waals surface area (Å²) in [5, 5.41) is 26.4. The molecule has 10 heteroatoms. The van der Waals surface area contributed by atoms with Crippen molar-refractivity contribution in [2.24, 2.45) is 20.9 Å². The average Bonchev–Trinajstić information content (AvgIpc) is 3.72. The fraction of sp³-hybridized carbons (Fsp3) is 0.286. The Balaban J connectivity index is 0.00000400. The number of hydrogen-bond acceptors (Lipinski definition) is 8. The summed E-state index contributed by atoms with van der Waals surface area (Å²) in [5.74, 6) is -3.65. The van der Waals surface area contributed by atoms with Gasteiger partial charge in [0, 0.05) is 11.5 Å². The molecule has 224 valence electrons. The van der Waals surface area contributed by atoms with Gasteiger partial charge in [0.1, 0.15) is 0 Å². The minimum Gasteiger partial charge on any atom is -0.874 e. The number of ether oxygens (including phenoxy) is 1. The van der Waals surface area contributed by atoms with Gasteiger partial charge in [-0.1, -0.05) is 36.8 Å².